The van der Waals surface area contributed by atoms with Crippen LogP contribution in [0.25, 0.3) is 0 Å². The maximum Gasteiger partial charge on any atom is 0.253 e. The average molecular weight is 317 g/mol. The van der Waals surface area contributed by atoms with E-state index in [1.54, 1.807) is 23.5 Å². The van der Waals surface area contributed by atoms with Crippen molar-refractivity contribution in [2.75, 3.05) is 25.4 Å². The summed E-state index contributed by atoms with van der Waals surface area (Å²) < 4.78 is 0. The molecule has 0 aliphatic rings. The van der Waals surface area contributed by atoms with Crippen LogP contribution in [0.5, 0.6) is 0 Å². The molecular formula is C17H23N3OS. The summed E-state index contributed by atoms with van der Waals surface area (Å²) >= 11 is 1.68. The van der Waals surface area contributed by atoms with Crippen LogP contribution >= 0.6 is 11.3 Å². The Bertz CT molecular complexity index is 594. The van der Waals surface area contributed by atoms with E-state index in [1.165, 1.54) is 5.56 Å². The van der Waals surface area contributed by atoms with E-state index >= 15 is 0 Å². The van der Waals surface area contributed by atoms with Crippen molar-refractivity contribution in [1.82, 2.24) is 10.2 Å². The van der Waals surface area contributed by atoms with Gasteiger partial charge in [0.1, 0.15) is 0 Å². The lowest BCUT2D eigenvalue weighted by Gasteiger charge is -2.29. The van der Waals surface area contributed by atoms with Crippen LogP contribution in [0, 0.1) is 0 Å². The molecule has 1 aromatic carbocycles. The highest BCUT2D eigenvalue weighted by molar-refractivity contribution is 7.07. The number of rotatable bonds is 7. The molecule has 5 heteroatoms. The Hall–Kier alpha value is -1.85. The fourth-order valence-electron chi connectivity index (χ4n) is 2.58. The Morgan fingerprint density at radius 2 is 2.00 bits per heavy atom. The minimum atomic E-state index is -0.120. The smallest absolute Gasteiger partial charge is 0.253 e. The van der Waals surface area contributed by atoms with Crippen LogP contribution in [0.15, 0.2) is 41.1 Å². The Morgan fingerprint density at radius 3 is 2.59 bits per heavy atom. The van der Waals surface area contributed by atoms with Crippen LogP contribution < -0.4 is 11.1 Å². The number of carbonyl (C=O) groups excluding carboxylic acids is 1. The molecule has 3 N–H and O–H groups in total. The van der Waals surface area contributed by atoms with Gasteiger partial charge in [-0.1, -0.05) is 26.0 Å². The summed E-state index contributed by atoms with van der Waals surface area (Å²) in [6.45, 7) is 6.74. The van der Waals surface area contributed by atoms with Gasteiger partial charge in [0.05, 0.1) is 11.6 Å². The zero-order chi connectivity index (χ0) is 15.9. The number of carbonyl (C=O) groups is 1. The van der Waals surface area contributed by atoms with Crippen LogP contribution in [0.2, 0.25) is 0 Å². The average Bonchev–Trinajstić information content (AvgIpc) is 3.05. The van der Waals surface area contributed by atoms with E-state index in [4.69, 9.17) is 5.73 Å². The molecule has 0 fully saturated rings. The van der Waals surface area contributed by atoms with Crippen molar-refractivity contribution in [2.45, 2.75) is 19.9 Å². The molecule has 1 heterocycles. The number of thiophene rings is 1. The van der Waals surface area contributed by atoms with Gasteiger partial charge < -0.3 is 11.1 Å². The minimum Gasteiger partial charge on any atom is -0.398 e. The molecule has 2 rings (SSSR count). The molecule has 118 valence electrons. The van der Waals surface area contributed by atoms with E-state index in [1.807, 2.05) is 12.1 Å². The van der Waals surface area contributed by atoms with E-state index in [2.05, 4.69) is 40.9 Å². The number of nitrogen functional groups attached to an aromatic ring is 1. The number of hydrogen-bond donors (Lipinski definition) is 2. The number of nitrogens with zero attached hydrogens (tertiary/aromatic N) is 1. The Morgan fingerprint density at radius 1 is 1.27 bits per heavy atom. The summed E-state index contributed by atoms with van der Waals surface area (Å²) in [5, 5.41) is 7.24. The molecule has 0 saturated carbocycles. The van der Waals surface area contributed by atoms with Crippen LogP contribution in [-0.2, 0) is 0 Å². The zero-order valence-electron chi connectivity index (χ0n) is 13.1. The Labute approximate surface area is 135 Å². The first-order valence-electron chi connectivity index (χ1n) is 7.56. The predicted octanol–water partition coefficient (Wildman–Crippen LogP) is 3.14. The van der Waals surface area contributed by atoms with Crippen LogP contribution in [-0.4, -0.2) is 30.4 Å². The second-order valence-electron chi connectivity index (χ2n) is 5.09. The third-order valence-corrected chi connectivity index (χ3v) is 4.54. The van der Waals surface area contributed by atoms with E-state index in [-0.39, 0.29) is 11.9 Å². The summed E-state index contributed by atoms with van der Waals surface area (Å²) in [4.78, 5) is 14.7. The Balaban J connectivity index is 2.08. The topological polar surface area (TPSA) is 58.4 Å². The molecule has 1 amide bonds. The largest absolute Gasteiger partial charge is 0.398 e. The first-order valence-corrected chi connectivity index (χ1v) is 8.50. The Kier molecular flexibility index (Phi) is 5.98. The second-order valence-corrected chi connectivity index (χ2v) is 5.87. The molecule has 0 saturated heterocycles. The predicted molar refractivity (Wildman–Crippen MR) is 93.2 cm³/mol. The maximum absolute atomic E-state index is 12.3. The molecule has 0 aliphatic heterocycles. The highest BCUT2D eigenvalue weighted by Crippen LogP contribution is 2.22. The number of hydrogen-bond acceptors (Lipinski definition) is 4. The lowest BCUT2D eigenvalue weighted by Crippen LogP contribution is -2.38. The molecular weight excluding hydrogens is 294 g/mol. The van der Waals surface area contributed by atoms with E-state index in [9.17, 15) is 4.79 Å². The maximum atomic E-state index is 12.3. The lowest BCUT2D eigenvalue weighted by atomic mass is 10.1. The monoisotopic (exact) mass is 317 g/mol. The van der Waals surface area contributed by atoms with Crippen molar-refractivity contribution in [3.63, 3.8) is 0 Å². The molecule has 0 bridgehead atoms. The fourth-order valence-corrected chi connectivity index (χ4v) is 3.28. The van der Waals surface area contributed by atoms with Gasteiger partial charge in [-0.05, 0) is 47.6 Å². The third kappa shape index (κ3) is 3.87. The molecule has 2 aromatic rings. The van der Waals surface area contributed by atoms with Crippen molar-refractivity contribution < 1.29 is 4.79 Å². The van der Waals surface area contributed by atoms with Crippen molar-refractivity contribution >= 4 is 22.9 Å². The molecule has 0 spiro atoms. The lowest BCUT2D eigenvalue weighted by molar-refractivity contribution is 0.0936. The molecule has 4 nitrogen and oxygen atoms in total. The van der Waals surface area contributed by atoms with Gasteiger partial charge in [0.15, 0.2) is 0 Å². The van der Waals surface area contributed by atoms with Gasteiger partial charge >= 0.3 is 0 Å². The minimum absolute atomic E-state index is 0.120. The van der Waals surface area contributed by atoms with Crippen LogP contribution in [0.1, 0.15) is 35.8 Å². The second kappa shape index (κ2) is 7.96. The molecule has 1 aromatic heterocycles. The standard InChI is InChI=1S/C17H23N3OS/c1-3-20(4-2)16(13-9-10-22-12-13)11-19-17(21)14-7-5-6-8-15(14)18/h5-10,12,16H,3-4,11,18H2,1-2H3,(H,19,21). The van der Waals surface area contributed by atoms with Crippen molar-refractivity contribution in [3.05, 3.63) is 52.2 Å². The van der Waals surface area contributed by atoms with Crippen LogP contribution in [0.3, 0.4) is 0 Å². The summed E-state index contributed by atoms with van der Waals surface area (Å²) in [5.41, 5.74) is 8.15. The number of para-hydroxylation sites is 1. The quantitative estimate of drug-likeness (QED) is 0.771. The number of likely N-dealkylation sites (N-methyl/N-ethyl adjacent to an activating group) is 1. The first-order chi connectivity index (χ1) is 10.7. The van der Waals surface area contributed by atoms with Crippen molar-refractivity contribution in [3.8, 4) is 0 Å². The van der Waals surface area contributed by atoms with Gasteiger partial charge in [0.25, 0.3) is 5.91 Å². The summed E-state index contributed by atoms with van der Waals surface area (Å²) in [5.74, 6) is -0.120. The zero-order valence-corrected chi connectivity index (χ0v) is 13.9. The number of nitrogens with two attached hydrogens (primary N) is 1. The summed E-state index contributed by atoms with van der Waals surface area (Å²) in [7, 11) is 0. The van der Waals surface area contributed by atoms with Crippen molar-refractivity contribution in [1.29, 1.82) is 0 Å². The molecule has 22 heavy (non-hydrogen) atoms. The molecule has 0 aliphatic carbocycles. The SMILES string of the molecule is CCN(CC)C(CNC(=O)c1ccccc1N)c1ccsc1. The highest BCUT2D eigenvalue weighted by atomic mass is 32.1. The summed E-state index contributed by atoms with van der Waals surface area (Å²) in [6, 6.07) is 9.46. The van der Waals surface area contributed by atoms with E-state index in [0.29, 0.717) is 17.8 Å². The molecule has 1 unspecified atom stereocenters. The number of nitrogens with one attached hydrogen (secondary N) is 1. The van der Waals surface area contributed by atoms with Crippen LogP contribution in [0.4, 0.5) is 5.69 Å². The third-order valence-electron chi connectivity index (χ3n) is 3.84. The van der Waals surface area contributed by atoms with Gasteiger partial charge in [-0.15, -0.1) is 0 Å². The normalized spacial score (nSPS) is 12.3. The van der Waals surface area contributed by atoms with Gasteiger partial charge in [-0.3, -0.25) is 9.69 Å². The molecule has 0 radical (unpaired) electrons. The van der Waals surface area contributed by atoms with E-state index < -0.39 is 0 Å². The number of amides is 1. The van der Waals surface area contributed by atoms with Crippen molar-refractivity contribution in [2.24, 2.45) is 0 Å². The highest BCUT2D eigenvalue weighted by Gasteiger charge is 2.20. The van der Waals surface area contributed by atoms with Gasteiger partial charge in [0.2, 0.25) is 0 Å². The molecule has 1 atom stereocenters. The first kappa shape index (κ1) is 16.5. The van der Waals surface area contributed by atoms with E-state index in [0.717, 1.165) is 13.1 Å². The van der Waals surface area contributed by atoms with Gasteiger partial charge in [-0.25, -0.2) is 0 Å². The number of benzene rings is 1. The fraction of sp³-hybridized carbons (Fsp3) is 0.353. The van der Waals surface area contributed by atoms with Gasteiger partial charge in [0, 0.05) is 12.2 Å². The van der Waals surface area contributed by atoms with Gasteiger partial charge in [-0.2, -0.15) is 11.3 Å². The number of anilines is 1. The summed E-state index contributed by atoms with van der Waals surface area (Å²) in [6.07, 6.45) is 0.